The maximum absolute atomic E-state index is 13.8. The second-order valence-corrected chi connectivity index (χ2v) is 5.47. The second kappa shape index (κ2) is 5.87. The summed E-state index contributed by atoms with van der Waals surface area (Å²) in [5.41, 5.74) is -0.0534. The number of hydrogen-bond donors (Lipinski definition) is 1. The SMILES string of the molecule is CC(C(=O)N(C)C(C)c1c(F)cccc1F)C1CNC1. The Morgan fingerprint density at radius 3 is 2.30 bits per heavy atom. The lowest BCUT2D eigenvalue weighted by atomic mass is 9.87. The first kappa shape index (κ1) is 14.9. The molecule has 2 atom stereocenters. The highest BCUT2D eigenvalue weighted by molar-refractivity contribution is 5.79. The van der Waals surface area contributed by atoms with Gasteiger partial charge in [-0.3, -0.25) is 4.79 Å². The van der Waals surface area contributed by atoms with Crippen molar-refractivity contribution >= 4 is 5.91 Å². The number of carbonyl (C=O) groups excluding carboxylic acids is 1. The number of rotatable bonds is 4. The molecule has 1 saturated heterocycles. The second-order valence-electron chi connectivity index (χ2n) is 5.47. The summed E-state index contributed by atoms with van der Waals surface area (Å²) in [6.45, 7) is 5.16. The third kappa shape index (κ3) is 2.68. The highest BCUT2D eigenvalue weighted by Crippen LogP contribution is 2.27. The van der Waals surface area contributed by atoms with Crippen molar-refractivity contribution in [3.63, 3.8) is 0 Å². The van der Waals surface area contributed by atoms with E-state index in [0.717, 1.165) is 13.1 Å². The van der Waals surface area contributed by atoms with Crippen molar-refractivity contribution in [2.24, 2.45) is 11.8 Å². The number of benzene rings is 1. The Bertz CT molecular complexity index is 482. The summed E-state index contributed by atoms with van der Waals surface area (Å²) in [4.78, 5) is 13.8. The predicted molar refractivity (Wildman–Crippen MR) is 73.1 cm³/mol. The Hall–Kier alpha value is -1.49. The van der Waals surface area contributed by atoms with Crippen LogP contribution in [0.15, 0.2) is 18.2 Å². The third-order valence-corrected chi connectivity index (χ3v) is 4.26. The average molecular weight is 282 g/mol. The molecule has 0 bridgehead atoms. The van der Waals surface area contributed by atoms with Crippen molar-refractivity contribution in [1.82, 2.24) is 10.2 Å². The van der Waals surface area contributed by atoms with Crippen LogP contribution in [0.25, 0.3) is 0 Å². The minimum Gasteiger partial charge on any atom is -0.339 e. The lowest BCUT2D eigenvalue weighted by Crippen LogP contribution is -2.50. The standard InChI is InChI=1S/C15H20F2N2O/c1-9(11-7-18-8-11)15(20)19(3)10(2)14-12(16)5-4-6-13(14)17/h4-6,9-11,18H,7-8H2,1-3H3. The Kier molecular flexibility index (Phi) is 4.38. The van der Waals surface area contributed by atoms with E-state index in [4.69, 9.17) is 0 Å². The Morgan fingerprint density at radius 1 is 1.30 bits per heavy atom. The Labute approximate surface area is 118 Å². The molecule has 2 rings (SSSR count). The molecule has 3 nitrogen and oxygen atoms in total. The number of amides is 1. The highest BCUT2D eigenvalue weighted by Gasteiger charge is 2.33. The molecule has 1 aromatic carbocycles. The van der Waals surface area contributed by atoms with Gasteiger partial charge in [-0.25, -0.2) is 8.78 Å². The van der Waals surface area contributed by atoms with E-state index in [1.165, 1.54) is 23.1 Å². The first-order valence-corrected chi connectivity index (χ1v) is 6.84. The summed E-state index contributed by atoms with van der Waals surface area (Å²) in [6.07, 6.45) is 0. The van der Waals surface area contributed by atoms with E-state index in [0.29, 0.717) is 5.92 Å². The molecule has 0 aliphatic carbocycles. The normalized spacial score (nSPS) is 18.2. The zero-order valence-electron chi connectivity index (χ0n) is 12.0. The molecule has 1 aliphatic rings. The fraction of sp³-hybridized carbons (Fsp3) is 0.533. The van der Waals surface area contributed by atoms with E-state index < -0.39 is 17.7 Å². The number of hydrogen-bond acceptors (Lipinski definition) is 2. The van der Waals surface area contributed by atoms with E-state index in [1.807, 2.05) is 6.92 Å². The molecule has 1 amide bonds. The molecule has 0 spiro atoms. The first-order valence-electron chi connectivity index (χ1n) is 6.84. The average Bonchev–Trinajstić information content (AvgIpc) is 2.34. The van der Waals surface area contributed by atoms with Crippen LogP contribution in [0.1, 0.15) is 25.5 Å². The van der Waals surface area contributed by atoms with Crippen LogP contribution in [-0.2, 0) is 4.79 Å². The van der Waals surface area contributed by atoms with Gasteiger partial charge >= 0.3 is 0 Å². The van der Waals surface area contributed by atoms with Gasteiger partial charge in [-0.15, -0.1) is 0 Å². The van der Waals surface area contributed by atoms with Crippen LogP contribution in [0.4, 0.5) is 8.78 Å². The predicted octanol–water partition coefficient (Wildman–Crippen LogP) is 2.34. The fourth-order valence-corrected chi connectivity index (χ4v) is 2.48. The van der Waals surface area contributed by atoms with Crippen molar-refractivity contribution in [1.29, 1.82) is 0 Å². The van der Waals surface area contributed by atoms with Crippen LogP contribution in [0.2, 0.25) is 0 Å². The van der Waals surface area contributed by atoms with Gasteiger partial charge in [0.2, 0.25) is 5.91 Å². The Morgan fingerprint density at radius 2 is 1.85 bits per heavy atom. The molecule has 1 aromatic rings. The molecule has 1 N–H and O–H groups in total. The number of halogens is 2. The van der Waals surface area contributed by atoms with Crippen molar-refractivity contribution in [2.75, 3.05) is 20.1 Å². The molecule has 0 radical (unpaired) electrons. The molecular weight excluding hydrogens is 262 g/mol. The van der Waals surface area contributed by atoms with E-state index in [2.05, 4.69) is 5.32 Å². The van der Waals surface area contributed by atoms with E-state index in [9.17, 15) is 13.6 Å². The van der Waals surface area contributed by atoms with Crippen LogP contribution < -0.4 is 5.32 Å². The van der Waals surface area contributed by atoms with E-state index in [-0.39, 0.29) is 17.4 Å². The summed E-state index contributed by atoms with van der Waals surface area (Å²) >= 11 is 0. The number of nitrogens with one attached hydrogen (secondary N) is 1. The van der Waals surface area contributed by atoms with Crippen LogP contribution in [0.5, 0.6) is 0 Å². The van der Waals surface area contributed by atoms with Gasteiger partial charge in [-0.2, -0.15) is 0 Å². The maximum atomic E-state index is 13.8. The van der Waals surface area contributed by atoms with Gasteiger partial charge < -0.3 is 10.2 Å². The summed E-state index contributed by atoms with van der Waals surface area (Å²) in [6, 6.07) is 3.13. The van der Waals surface area contributed by atoms with Crippen LogP contribution in [-0.4, -0.2) is 30.9 Å². The first-order chi connectivity index (χ1) is 9.43. The molecule has 0 aromatic heterocycles. The van der Waals surface area contributed by atoms with Gasteiger partial charge in [0.05, 0.1) is 6.04 Å². The van der Waals surface area contributed by atoms with E-state index in [1.54, 1.807) is 14.0 Å². The van der Waals surface area contributed by atoms with Crippen LogP contribution in [0.3, 0.4) is 0 Å². The van der Waals surface area contributed by atoms with Gasteiger partial charge in [-0.1, -0.05) is 13.0 Å². The van der Waals surface area contributed by atoms with Gasteiger partial charge in [0.15, 0.2) is 0 Å². The fourth-order valence-electron chi connectivity index (χ4n) is 2.48. The van der Waals surface area contributed by atoms with Crippen molar-refractivity contribution in [3.05, 3.63) is 35.4 Å². The summed E-state index contributed by atoms with van der Waals surface area (Å²) in [5.74, 6) is -1.14. The molecule has 20 heavy (non-hydrogen) atoms. The van der Waals surface area contributed by atoms with Gasteiger partial charge in [-0.05, 0) is 38.1 Å². The minimum absolute atomic E-state index is 0.0534. The largest absolute Gasteiger partial charge is 0.339 e. The van der Waals surface area contributed by atoms with Crippen LogP contribution >= 0.6 is 0 Å². The number of nitrogens with zero attached hydrogens (tertiary/aromatic N) is 1. The van der Waals surface area contributed by atoms with Crippen molar-refractivity contribution < 1.29 is 13.6 Å². The summed E-state index contributed by atoms with van der Waals surface area (Å²) in [5, 5.41) is 3.12. The third-order valence-electron chi connectivity index (χ3n) is 4.26. The smallest absolute Gasteiger partial charge is 0.226 e. The summed E-state index contributed by atoms with van der Waals surface area (Å²) < 4.78 is 27.5. The zero-order valence-corrected chi connectivity index (χ0v) is 12.0. The number of carbonyl (C=O) groups is 1. The van der Waals surface area contributed by atoms with Gasteiger partial charge in [0, 0.05) is 18.5 Å². The molecule has 1 fully saturated rings. The lowest BCUT2D eigenvalue weighted by molar-refractivity contribution is -0.138. The molecule has 1 heterocycles. The molecule has 1 aliphatic heterocycles. The Balaban J connectivity index is 2.15. The topological polar surface area (TPSA) is 32.3 Å². The molecule has 5 heteroatoms. The van der Waals surface area contributed by atoms with Gasteiger partial charge in [0.25, 0.3) is 0 Å². The molecule has 110 valence electrons. The maximum Gasteiger partial charge on any atom is 0.226 e. The van der Waals surface area contributed by atoms with E-state index >= 15 is 0 Å². The molecule has 2 unspecified atom stereocenters. The van der Waals surface area contributed by atoms with Crippen LogP contribution in [0, 0.1) is 23.5 Å². The monoisotopic (exact) mass is 282 g/mol. The molecule has 0 saturated carbocycles. The summed E-state index contributed by atoms with van der Waals surface area (Å²) in [7, 11) is 1.60. The van der Waals surface area contributed by atoms with Crippen molar-refractivity contribution in [2.45, 2.75) is 19.9 Å². The van der Waals surface area contributed by atoms with Crippen molar-refractivity contribution in [3.8, 4) is 0 Å². The zero-order chi connectivity index (χ0) is 14.9. The minimum atomic E-state index is -0.626. The highest BCUT2D eigenvalue weighted by atomic mass is 19.1. The lowest BCUT2D eigenvalue weighted by Gasteiger charge is -2.36. The molecular formula is C15H20F2N2O. The quantitative estimate of drug-likeness (QED) is 0.919. The van der Waals surface area contributed by atoms with Gasteiger partial charge in [0.1, 0.15) is 11.6 Å².